The molecule has 130 valence electrons. The lowest BCUT2D eigenvalue weighted by atomic mass is 10.0. The van der Waals surface area contributed by atoms with Gasteiger partial charge in [-0.05, 0) is 23.6 Å². The standard InChI is InChI=1S/C18H24ClN3OS/c1-14(2)17(11-20)21-6-8-22(9-7-21)18(23)13-24-12-15-4-3-5-16(19)10-15/h3-5,10,14,17H,6-9,12-13H2,1-2H3. The quantitative estimate of drug-likeness (QED) is 0.776. The zero-order chi connectivity index (χ0) is 17.5. The van der Waals surface area contributed by atoms with Gasteiger partial charge in [-0.25, -0.2) is 0 Å². The van der Waals surface area contributed by atoms with Crippen molar-refractivity contribution >= 4 is 29.3 Å². The molecule has 1 aliphatic heterocycles. The summed E-state index contributed by atoms with van der Waals surface area (Å²) in [5.74, 6) is 1.76. The maximum atomic E-state index is 12.3. The van der Waals surface area contributed by atoms with Gasteiger partial charge in [-0.1, -0.05) is 37.6 Å². The molecule has 0 radical (unpaired) electrons. The monoisotopic (exact) mass is 365 g/mol. The number of nitrogens with zero attached hydrogens (tertiary/aromatic N) is 3. The maximum absolute atomic E-state index is 12.3. The number of nitriles is 1. The Morgan fingerprint density at radius 1 is 1.33 bits per heavy atom. The molecule has 1 aromatic carbocycles. The van der Waals surface area contributed by atoms with Gasteiger partial charge in [-0.3, -0.25) is 9.69 Å². The van der Waals surface area contributed by atoms with Crippen molar-refractivity contribution in [3.8, 4) is 6.07 Å². The SMILES string of the molecule is CC(C)C(C#N)N1CCN(C(=O)CSCc2cccc(Cl)c2)CC1. The molecule has 24 heavy (non-hydrogen) atoms. The molecular formula is C18H24ClN3OS. The summed E-state index contributed by atoms with van der Waals surface area (Å²) in [7, 11) is 0. The van der Waals surface area contributed by atoms with Gasteiger partial charge in [-0.15, -0.1) is 11.8 Å². The minimum atomic E-state index is -0.0561. The summed E-state index contributed by atoms with van der Waals surface area (Å²) in [6.45, 7) is 7.11. The van der Waals surface area contributed by atoms with Gasteiger partial charge in [0.1, 0.15) is 6.04 Å². The van der Waals surface area contributed by atoms with E-state index < -0.39 is 0 Å². The Bertz CT molecular complexity index is 594. The summed E-state index contributed by atoms with van der Waals surface area (Å²) in [4.78, 5) is 16.4. The number of halogens is 1. The summed E-state index contributed by atoms with van der Waals surface area (Å²) >= 11 is 7.59. The van der Waals surface area contributed by atoms with Crippen LogP contribution in [0.5, 0.6) is 0 Å². The Kier molecular flexibility index (Phi) is 7.41. The predicted molar refractivity (Wildman–Crippen MR) is 100 cm³/mol. The van der Waals surface area contributed by atoms with E-state index >= 15 is 0 Å². The third-order valence-corrected chi connectivity index (χ3v) is 5.43. The Labute approximate surface area is 153 Å². The van der Waals surface area contributed by atoms with Crippen LogP contribution in [-0.4, -0.2) is 53.7 Å². The van der Waals surface area contributed by atoms with Crippen LogP contribution in [0, 0.1) is 17.2 Å². The Morgan fingerprint density at radius 3 is 2.62 bits per heavy atom. The molecular weight excluding hydrogens is 342 g/mol. The molecule has 0 spiro atoms. The van der Waals surface area contributed by atoms with E-state index in [0.717, 1.165) is 29.4 Å². The maximum Gasteiger partial charge on any atom is 0.232 e. The fourth-order valence-corrected chi connectivity index (χ4v) is 3.96. The Hall–Kier alpha value is -1.22. The topological polar surface area (TPSA) is 47.3 Å². The number of carbonyl (C=O) groups is 1. The Morgan fingerprint density at radius 2 is 2.04 bits per heavy atom. The van der Waals surface area contributed by atoms with Crippen molar-refractivity contribution in [2.24, 2.45) is 5.92 Å². The summed E-state index contributed by atoms with van der Waals surface area (Å²) in [5.41, 5.74) is 1.14. The highest BCUT2D eigenvalue weighted by atomic mass is 35.5. The molecule has 0 aromatic heterocycles. The molecule has 1 heterocycles. The Balaban J connectivity index is 1.74. The van der Waals surface area contributed by atoms with Crippen LogP contribution in [0.15, 0.2) is 24.3 Å². The first-order valence-electron chi connectivity index (χ1n) is 8.25. The average Bonchev–Trinajstić information content (AvgIpc) is 2.56. The van der Waals surface area contributed by atoms with Crippen LogP contribution in [-0.2, 0) is 10.5 Å². The summed E-state index contributed by atoms with van der Waals surface area (Å²) < 4.78 is 0. The van der Waals surface area contributed by atoms with Crippen LogP contribution >= 0.6 is 23.4 Å². The number of thioether (sulfide) groups is 1. The average molecular weight is 366 g/mol. The number of hydrogen-bond acceptors (Lipinski definition) is 4. The van der Waals surface area contributed by atoms with E-state index in [0.29, 0.717) is 24.8 Å². The van der Waals surface area contributed by atoms with Gasteiger partial charge in [0.15, 0.2) is 0 Å². The molecule has 0 N–H and O–H groups in total. The third-order valence-electron chi connectivity index (χ3n) is 4.21. The molecule has 1 aromatic rings. The lowest BCUT2D eigenvalue weighted by Gasteiger charge is -2.38. The molecule has 6 heteroatoms. The van der Waals surface area contributed by atoms with E-state index in [1.165, 1.54) is 0 Å². The van der Waals surface area contributed by atoms with Crippen molar-refractivity contribution in [3.63, 3.8) is 0 Å². The molecule has 1 saturated heterocycles. The molecule has 0 bridgehead atoms. The first kappa shape index (κ1) is 19.1. The number of amides is 1. The zero-order valence-electron chi connectivity index (χ0n) is 14.2. The van der Waals surface area contributed by atoms with Crippen LogP contribution in [0.1, 0.15) is 19.4 Å². The van der Waals surface area contributed by atoms with E-state index in [2.05, 4.69) is 24.8 Å². The second-order valence-electron chi connectivity index (χ2n) is 6.36. The number of piperazine rings is 1. The molecule has 1 fully saturated rings. The van der Waals surface area contributed by atoms with Gasteiger partial charge >= 0.3 is 0 Å². The van der Waals surface area contributed by atoms with Crippen LogP contribution in [0.2, 0.25) is 5.02 Å². The molecule has 0 aliphatic carbocycles. The highest BCUT2D eigenvalue weighted by Crippen LogP contribution is 2.18. The van der Waals surface area contributed by atoms with E-state index in [9.17, 15) is 10.1 Å². The largest absolute Gasteiger partial charge is 0.339 e. The first-order valence-corrected chi connectivity index (χ1v) is 9.78. The molecule has 1 amide bonds. The van der Waals surface area contributed by atoms with Gasteiger partial charge in [0.05, 0.1) is 11.8 Å². The van der Waals surface area contributed by atoms with E-state index in [1.54, 1.807) is 11.8 Å². The van der Waals surface area contributed by atoms with E-state index in [-0.39, 0.29) is 11.9 Å². The molecule has 4 nitrogen and oxygen atoms in total. The van der Waals surface area contributed by atoms with Gasteiger partial charge in [0, 0.05) is 37.0 Å². The molecule has 0 saturated carbocycles. The normalized spacial score (nSPS) is 16.9. The number of carbonyl (C=O) groups excluding carboxylic acids is 1. The molecule has 2 rings (SSSR count). The predicted octanol–water partition coefficient (Wildman–Crippen LogP) is 3.27. The lowest BCUT2D eigenvalue weighted by molar-refractivity contribution is -0.130. The number of benzene rings is 1. The van der Waals surface area contributed by atoms with Crippen molar-refractivity contribution in [2.75, 3.05) is 31.9 Å². The van der Waals surface area contributed by atoms with Crippen LogP contribution in [0.4, 0.5) is 0 Å². The summed E-state index contributed by atoms with van der Waals surface area (Å²) in [6.07, 6.45) is 0. The molecule has 1 atom stereocenters. The van der Waals surface area contributed by atoms with Crippen LogP contribution in [0.3, 0.4) is 0 Å². The second-order valence-corrected chi connectivity index (χ2v) is 7.78. The van der Waals surface area contributed by atoms with Crippen molar-refractivity contribution in [1.29, 1.82) is 5.26 Å². The molecule has 1 unspecified atom stereocenters. The first-order chi connectivity index (χ1) is 11.5. The van der Waals surface area contributed by atoms with Gasteiger partial charge in [-0.2, -0.15) is 5.26 Å². The van der Waals surface area contributed by atoms with Crippen molar-refractivity contribution < 1.29 is 4.79 Å². The highest BCUT2D eigenvalue weighted by Gasteiger charge is 2.27. The zero-order valence-corrected chi connectivity index (χ0v) is 15.8. The van der Waals surface area contributed by atoms with Crippen molar-refractivity contribution in [2.45, 2.75) is 25.6 Å². The summed E-state index contributed by atoms with van der Waals surface area (Å²) in [5, 5.41) is 10.0. The number of rotatable bonds is 6. The van der Waals surface area contributed by atoms with Crippen molar-refractivity contribution in [1.82, 2.24) is 9.80 Å². The smallest absolute Gasteiger partial charge is 0.232 e. The molecule has 1 aliphatic rings. The fourth-order valence-electron chi connectivity index (χ4n) is 2.88. The van der Waals surface area contributed by atoms with Crippen LogP contribution < -0.4 is 0 Å². The minimum absolute atomic E-state index is 0.0561. The van der Waals surface area contributed by atoms with Gasteiger partial charge < -0.3 is 4.90 Å². The lowest BCUT2D eigenvalue weighted by Crippen LogP contribution is -2.53. The number of hydrogen-bond donors (Lipinski definition) is 0. The highest BCUT2D eigenvalue weighted by molar-refractivity contribution is 7.99. The van der Waals surface area contributed by atoms with E-state index in [4.69, 9.17) is 11.6 Å². The van der Waals surface area contributed by atoms with Gasteiger partial charge in [0.2, 0.25) is 5.91 Å². The van der Waals surface area contributed by atoms with E-state index in [1.807, 2.05) is 29.2 Å². The van der Waals surface area contributed by atoms with Crippen molar-refractivity contribution in [3.05, 3.63) is 34.9 Å². The third kappa shape index (κ3) is 5.41. The second kappa shape index (κ2) is 9.31. The fraction of sp³-hybridized carbons (Fsp3) is 0.556. The van der Waals surface area contributed by atoms with Gasteiger partial charge in [0.25, 0.3) is 0 Å². The van der Waals surface area contributed by atoms with Crippen LogP contribution in [0.25, 0.3) is 0 Å². The minimum Gasteiger partial charge on any atom is -0.339 e. The summed E-state index contributed by atoms with van der Waals surface area (Å²) in [6, 6.07) is 10.1.